The van der Waals surface area contributed by atoms with Crippen LogP contribution in [0.25, 0.3) is 0 Å². The lowest BCUT2D eigenvalue weighted by Crippen LogP contribution is -2.11. The summed E-state index contributed by atoms with van der Waals surface area (Å²) in [4.78, 5) is 21.5. The van der Waals surface area contributed by atoms with E-state index >= 15 is 0 Å². The van der Waals surface area contributed by atoms with Crippen LogP contribution in [-0.2, 0) is 6.42 Å². The molecule has 0 aliphatic rings. The Balaban J connectivity index is 1.95. The van der Waals surface area contributed by atoms with E-state index in [0.29, 0.717) is 13.0 Å². The summed E-state index contributed by atoms with van der Waals surface area (Å²) < 4.78 is 5.32. The third kappa shape index (κ3) is 3.04. The average Bonchev–Trinajstić information content (AvgIpc) is 2.36. The van der Waals surface area contributed by atoms with E-state index in [1.54, 1.807) is 6.20 Å². The van der Waals surface area contributed by atoms with E-state index in [4.69, 9.17) is 16.3 Å². The molecule has 2 heterocycles. The second-order valence-electron chi connectivity index (χ2n) is 3.27. The van der Waals surface area contributed by atoms with Gasteiger partial charge in [0.15, 0.2) is 5.02 Å². The highest BCUT2D eigenvalue weighted by Crippen LogP contribution is 2.14. The Hall–Kier alpha value is -1.88. The standard InChI is InChI=1S/C11H10ClN3O2/c12-9-10(16)14-7-15-11(9)17-6-4-8-3-1-2-5-13-8/h1-3,5,7H,4,6H2,(H,14,15,16). The molecule has 0 bridgehead atoms. The molecule has 0 unspecified atom stereocenters. The van der Waals surface area contributed by atoms with E-state index in [1.165, 1.54) is 6.33 Å². The first-order valence-corrected chi connectivity index (χ1v) is 5.41. The van der Waals surface area contributed by atoms with Crippen molar-refractivity contribution in [2.45, 2.75) is 6.42 Å². The van der Waals surface area contributed by atoms with Gasteiger partial charge in [-0.05, 0) is 12.1 Å². The molecule has 6 heteroatoms. The van der Waals surface area contributed by atoms with Gasteiger partial charge < -0.3 is 9.72 Å². The SMILES string of the molecule is O=c1[nH]cnc(OCCc2ccccn2)c1Cl. The van der Waals surface area contributed by atoms with Crippen molar-refractivity contribution in [3.8, 4) is 5.88 Å². The van der Waals surface area contributed by atoms with Crippen molar-refractivity contribution in [1.82, 2.24) is 15.0 Å². The molecule has 0 aliphatic carbocycles. The van der Waals surface area contributed by atoms with Gasteiger partial charge in [-0.3, -0.25) is 9.78 Å². The first-order chi connectivity index (χ1) is 8.27. The normalized spacial score (nSPS) is 10.2. The molecule has 0 spiro atoms. The minimum Gasteiger partial charge on any atom is -0.476 e. The first kappa shape index (κ1) is 11.6. The Kier molecular flexibility index (Phi) is 3.72. The number of H-pyrrole nitrogens is 1. The van der Waals surface area contributed by atoms with E-state index in [1.807, 2.05) is 18.2 Å². The van der Waals surface area contributed by atoms with Crippen LogP contribution in [0.5, 0.6) is 5.88 Å². The molecule has 0 fully saturated rings. The predicted molar refractivity (Wildman–Crippen MR) is 63.3 cm³/mol. The predicted octanol–water partition coefficient (Wildman–Crippen LogP) is 1.44. The summed E-state index contributed by atoms with van der Waals surface area (Å²) in [6, 6.07) is 5.65. The third-order valence-electron chi connectivity index (χ3n) is 2.09. The van der Waals surface area contributed by atoms with Crippen molar-refractivity contribution in [2.24, 2.45) is 0 Å². The number of hydrogen-bond acceptors (Lipinski definition) is 4. The number of nitrogens with zero attached hydrogens (tertiary/aromatic N) is 2. The van der Waals surface area contributed by atoms with E-state index in [2.05, 4.69) is 15.0 Å². The van der Waals surface area contributed by atoms with Crippen LogP contribution in [0.1, 0.15) is 5.69 Å². The topological polar surface area (TPSA) is 67.9 Å². The molecular weight excluding hydrogens is 242 g/mol. The van der Waals surface area contributed by atoms with Crippen molar-refractivity contribution in [2.75, 3.05) is 6.61 Å². The first-order valence-electron chi connectivity index (χ1n) is 5.03. The fourth-order valence-corrected chi connectivity index (χ4v) is 1.42. The summed E-state index contributed by atoms with van der Waals surface area (Å²) in [5.74, 6) is 0.145. The molecular formula is C11H10ClN3O2. The van der Waals surface area contributed by atoms with E-state index < -0.39 is 5.56 Å². The Bertz CT molecular complexity index is 542. The monoisotopic (exact) mass is 251 g/mol. The summed E-state index contributed by atoms with van der Waals surface area (Å²) in [5.41, 5.74) is 0.503. The van der Waals surface area contributed by atoms with Gasteiger partial charge in [-0.15, -0.1) is 0 Å². The Morgan fingerprint density at radius 2 is 2.24 bits per heavy atom. The molecule has 0 amide bonds. The Morgan fingerprint density at radius 1 is 1.35 bits per heavy atom. The van der Waals surface area contributed by atoms with Crippen LogP contribution in [0.2, 0.25) is 5.02 Å². The summed E-state index contributed by atoms with van der Waals surface area (Å²) in [7, 11) is 0. The molecule has 0 aliphatic heterocycles. The van der Waals surface area contributed by atoms with E-state index in [-0.39, 0.29) is 10.9 Å². The lowest BCUT2D eigenvalue weighted by atomic mass is 10.3. The van der Waals surface area contributed by atoms with Gasteiger partial charge in [0.25, 0.3) is 5.56 Å². The Morgan fingerprint density at radius 3 is 3.00 bits per heavy atom. The van der Waals surface area contributed by atoms with Gasteiger partial charge in [-0.25, -0.2) is 4.98 Å². The summed E-state index contributed by atoms with van der Waals surface area (Å²) in [5, 5.41) is -0.0338. The van der Waals surface area contributed by atoms with Gasteiger partial charge in [0, 0.05) is 18.3 Å². The molecule has 0 atom stereocenters. The van der Waals surface area contributed by atoms with Gasteiger partial charge in [-0.1, -0.05) is 17.7 Å². The molecule has 0 radical (unpaired) electrons. The molecule has 2 aromatic heterocycles. The number of ether oxygens (including phenoxy) is 1. The van der Waals surface area contributed by atoms with Gasteiger partial charge in [0.2, 0.25) is 5.88 Å². The molecule has 0 saturated heterocycles. The smallest absolute Gasteiger partial charge is 0.273 e. The van der Waals surface area contributed by atoms with Crippen LogP contribution < -0.4 is 10.3 Å². The highest BCUT2D eigenvalue weighted by molar-refractivity contribution is 6.31. The highest BCUT2D eigenvalue weighted by atomic mass is 35.5. The number of rotatable bonds is 4. The number of aromatic amines is 1. The van der Waals surface area contributed by atoms with Crippen LogP contribution in [0.4, 0.5) is 0 Å². The maximum Gasteiger partial charge on any atom is 0.273 e. The molecule has 17 heavy (non-hydrogen) atoms. The maximum absolute atomic E-state index is 11.2. The van der Waals surface area contributed by atoms with Crippen LogP contribution in [0.3, 0.4) is 0 Å². The zero-order valence-electron chi connectivity index (χ0n) is 8.89. The zero-order valence-corrected chi connectivity index (χ0v) is 9.65. The molecule has 2 rings (SSSR count). The molecule has 88 valence electrons. The number of aromatic nitrogens is 3. The second kappa shape index (κ2) is 5.45. The van der Waals surface area contributed by atoms with Crippen molar-refractivity contribution >= 4 is 11.6 Å². The third-order valence-corrected chi connectivity index (χ3v) is 2.42. The minimum absolute atomic E-state index is 0.0338. The maximum atomic E-state index is 11.2. The number of pyridine rings is 1. The number of nitrogens with one attached hydrogen (secondary N) is 1. The van der Waals surface area contributed by atoms with Crippen molar-refractivity contribution in [1.29, 1.82) is 0 Å². The van der Waals surface area contributed by atoms with Gasteiger partial charge in [0.05, 0.1) is 12.9 Å². The summed E-state index contributed by atoms with van der Waals surface area (Å²) in [6.45, 7) is 0.368. The quantitative estimate of drug-likeness (QED) is 0.893. The minimum atomic E-state index is -0.408. The molecule has 5 nitrogen and oxygen atoms in total. The largest absolute Gasteiger partial charge is 0.476 e. The Labute approximate surface area is 102 Å². The van der Waals surface area contributed by atoms with Crippen molar-refractivity contribution < 1.29 is 4.74 Å². The van der Waals surface area contributed by atoms with Gasteiger partial charge >= 0.3 is 0 Å². The van der Waals surface area contributed by atoms with E-state index in [0.717, 1.165) is 5.69 Å². The van der Waals surface area contributed by atoms with E-state index in [9.17, 15) is 4.79 Å². The van der Waals surface area contributed by atoms with Crippen molar-refractivity contribution in [3.05, 3.63) is 51.8 Å². The average molecular weight is 252 g/mol. The zero-order chi connectivity index (χ0) is 12.1. The molecule has 0 aromatic carbocycles. The van der Waals surface area contributed by atoms with Gasteiger partial charge in [0.1, 0.15) is 0 Å². The lowest BCUT2D eigenvalue weighted by Gasteiger charge is -2.05. The van der Waals surface area contributed by atoms with Crippen LogP contribution in [0.15, 0.2) is 35.5 Å². The number of hydrogen-bond donors (Lipinski definition) is 1. The van der Waals surface area contributed by atoms with Crippen molar-refractivity contribution in [3.63, 3.8) is 0 Å². The molecule has 1 N–H and O–H groups in total. The van der Waals surface area contributed by atoms with Crippen LogP contribution in [-0.4, -0.2) is 21.6 Å². The lowest BCUT2D eigenvalue weighted by molar-refractivity contribution is 0.307. The van der Waals surface area contributed by atoms with Crippen LogP contribution >= 0.6 is 11.6 Å². The molecule has 0 saturated carbocycles. The van der Waals surface area contributed by atoms with Gasteiger partial charge in [-0.2, -0.15) is 0 Å². The second-order valence-corrected chi connectivity index (χ2v) is 3.65. The fourth-order valence-electron chi connectivity index (χ4n) is 1.27. The molecule has 2 aromatic rings. The summed E-state index contributed by atoms with van der Waals surface area (Å²) in [6.07, 6.45) is 3.60. The number of halogens is 1. The highest BCUT2D eigenvalue weighted by Gasteiger charge is 2.06. The fraction of sp³-hybridized carbons (Fsp3) is 0.182. The van der Waals surface area contributed by atoms with Crippen LogP contribution in [0, 0.1) is 0 Å². The summed E-state index contributed by atoms with van der Waals surface area (Å²) >= 11 is 5.73.